The molecular weight excluding hydrogens is 272 g/mol. The van der Waals surface area contributed by atoms with Crippen LogP contribution in [-0.4, -0.2) is 31.2 Å². The summed E-state index contributed by atoms with van der Waals surface area (Å²) in [6.45, 7) is 8.37. The van der Waals surface area contributed by atoms with Crippen LogP contribution in [0.2, 0.25) is 0 Å². The maximum atomic E-state index is 11.2. The zero-order valence-electron chi connectivity index (χ0n) is 12.5. The first-order valence-electron chi connectivity index (χ1n) is 6.74. The van der Waals surface area contributed by atoms with Gasteiger partial charge in [0.1, 0.15) is 6.20 Å². The molecule has 0 aliphatic heterocycles. The molecule has 0 amide bonds. The van der Waals surface area contributed by atoms with Crippen molar-refractivity contribution in [2.75, 3.05) is 11.9 Å². The second-order valence-electron chi connectivity index (χ2n) is 4.79. The molecule has 0 aliphatic carbocycles. The fraction of sp³-hybridized carbons (Fsp3) is 0.462. The van der Waals surface area contributed by atoms with Crippen molar-refractivity contribution in [3.05, 3.63) is 33.3 Å². The summed E-state index contributed by atoms with van der Waals surface area (Å²) in [5.41, 5.74) is 2.48. The van der Waals surface area contributed by atoms with Crippen LogP contribution in [0.4, 0.5) is 11.6 Å². The maximum absolute atomic E-state index is 11.2. The third-order valence-corrected chi connectivity index (χ3v) is 3.33. The highest BCUT2D eigenvalue weighted by molar-refractivity contribution is 5.49. The first-order valence-corrected chi connectivity index (χ1v) is 6.74. The number of rotatable bonds is 5. The first kappa shape index (κ1) is 14.9. The lowest BCUT2D eigenvalue weighted by molar-refractivity contribution is -0.385. The van der Waals surface area contributed by atoms with Gasteiger partial charge in [-0.05, 0) is 32.8 Å². The normalized spacial score (nSPS) is 10.7. The lowest BCUT2D eigenvalue weighted by Gasteiger charge is -2.07. The Hall–Kier alpha value is -2.51. The summed E-state index contributed by atoms with van der Waals surface area (Å²) in [4.78, 5) is 18.9. The molecule has 0 fully saturated rings. The Kier molecular flexibility index (Phi) is 4.15. The Bertz CT molecular complexity index is 680. The minimum Gasteiger partial charge on any atom is -0.354 e. The smallest absolute Gasteiger partial charge is 0.332 e. The molecule has 2 aromatic rings. The molecule has 8 heteroatoms. The van der Waals surface area contributed by atoms with E-state index in [2.05, 4.69) is 20.4 Å². The molecule has 0 bridgehead atoms. The van der Waals surface area contributed by atoms with Crippen LogP contribution >= 0.6 is 0 Å². The van der Waals surface area contributed by atoms with Gasteiger partial charge in [0.2, 0.25) is 11.8 Å². The third-order valence-electron chi connectivity index (χ3n) is 3.33. The maximum Gasteiger partial charge on any atom is 0.332 e. The minimum atomic E-state index is -0.495. The molecule has 0 unspecified atom stereocenters. The predicted molar refractivity (Wildman–Crippen MR) is 78.8 cm³/mol. The molecule has 0 radical (unpaired) electrons. The van der Waals surface area contributed by atoms with E-state index in [0.717, 1.165) is 23.4 Å². The molecule has 112 valence electrons. The summed E-state index contributed by atoms with van der Waals surface area (Å²) in [5, 5.41) is 18.6. The summed E-state index contributed by atoms with van der Waals surface area (Å²) in [5.74, 6) is 0.546. The van der Waals surface area contributed by atoms with Crippen molar-refractivity contribution >= 4 is 11.6 Å². The molecular formula is C13H18N6O2. The Morgan fingerprint density at radius 2 is 2.10 bits per heavy atom. The average Bonchev–Trinajstić information content (AvgIpc) is 2.72. The van der Waals surface area contributed by atoms with E-state index < -0.39 is 4.92 Å². The Balaban J connectivity index is 2.57. The number of anilines is 1. The molecule has 0 saturated carbocycles. The SMILES string of the molecule is CCCNc1ncc([N+](=O)[O-])c(-n2nc(C)c(C)c2C)n1. The summed E-state index contributed by atoms with van der Waals surface area (Å²) < 4.78 is 1.50. The number of aromatic nitrogens is 4. The van der Waals surface area contributed by atoms with Gasteiger partial charge in [0.15, 0.2) is 0 Å². The van der Waals surface area contributed by atoms with Crippen LogP contribution in [0.3, 0.4) is 0 Å². The van der Waals surface area contributed by atoms with Crippen LogP contribution < -0.4 is 5.32 Å². The van der Waals surface area contributed by atoms with Crippen LogP contribution in [0.15, 0.2) is 6.20 Å². The van der Waals surface area contributed by atoms with Crippen LogP contribution in [0, 0.1) is 30.9 Å². The van der Waals surface area contributed by atoms with Crippen molar-refractivity contribution in [3.8, 4) is 5.82 Å². The zero-order valence-corrected chi connectivity index (χ0v) is 12.5. The summed E-state index contributed by atoms with van der Waals surface area (Å²) >= 11 is 0. The molecule has 0 aliphatic rings. The lowest BCUT2D eigenvalue weighted by atomic mass is 10.2. The fourth-order valence-electron chi connectivity index (χ4n) is 1.90. The van der Waals surface area contributed by atoms with Crippen molar-refractivity contribution in [1.82, 2.24) is 19.7 Å². The number of hydrogen-bond acceptors (Lipinski definition) is 6. The van der Waals surface area contributed by atoms with Gasteiger partial charge in [-0.2, -0.15) is 10.1 Å². The van der Waals surface area contributed by atoms with Gasteiger partial charge in [-0.3, -0.25) is 10.1 Å². The van der Waals surface area contributed by atoms with E-state index in [1.807, 2.05) is 27.7 Å². The number of hydrogen-bond donors (Lipinski definition) is 1. The molecule has 0 aromatic carbocycles. The van der Waals surface area contributed by atoms with E-state index in [-0.39, 0.29) is 11.5 Å². The van der Waals surface area contributed by atoms with Gasteiger partial charge >= 0.3 is 5.69 Å². The minimum absolute atomic E-state index is 0.164. The molecule has 2 aromatic heterocycles. The van der Waals surface area contributed by atoms with Gasteiger partial charge in [-0.15, -0.1) is 0 Å². The standard InChI is InChI=1S/C13H18N6O2/c1-5-6-14-13-15-7-11(19(20)21)12(16-13)18-10(4)8(2)9(3)17-18/h7H,5-6H2,1-4H3,(H,14,15,16). The number of nitrogens with zero attached hydrogens (tertiary/aromatic N) is 5. The molecule has 8 nitrogen and oxygen atoms in total. The van der Waals surface area contributed by atoms with Gasteiger partial charge in [0, 0.05) is 12.2 Å². The fourth-order valence-corrected chi connectivity index (χ4v) is 1.90. The quantitative estimate of drug-likeness (QED) is 0.670. The van der Waals surface area contributed by atoms with Crippen molar-refractivity contribution < 1.29 is 4.92 Å². The summed E-state index contributed by atoms with van der Waals surface area (Å²) in [6, 6.07) is 0. The molecule has 0 spiro atoms. The second kappa shape index (κ2) is 5.86. The second-order valence-corrected chi connectivity index (χ2v) is 4.79. The van der Waals surface area contributed by atoms with Crippen molar-refractivity contribution in [2.45, 2.75) is 34.1 Å². The molecule has 0 atom stereocenters. The Labute approximate surface area is 122 Å². The molecule has 21 heavy (non-hydrogen) atoms. The van der Waals surface area contributed by atoms with Gasteiger partial charge < -0.3 is 5.32 Å². The molecule has 0 saturated heterocycles. The highest BCUT2D eigenvalue weighted by atomic mass is 16.6. The predicted octanol–water partition coefficient (Wildman–Crippen LogP) is 2.32. The lowest BCUT2D eigenvalue weighted by Crippen LogP contribution is -2.11. The molecule has 2 heterocycles. The topological polar surface area (TPSA) is 98.8 Å². The monoisotopic (exact) mass is 290 g/mol. The van der Waals surface area contributed by atoms with Crippen molar-refractivity contribution in [1.29, 1.82) is 0 Å². The van der Waals surface area contributed by atoms with Crippen LogP contribution in [0.25, 0.3) is 5.82 Å². The highest BCUT2D eigenvalue weighted by Crippen LogP contribution is 2.24. The van der Waals surface area contributed by atoms with Crippen molar-refractivity contribution in [2.24, 2.45) is 0 Å². The number of nitro groups is 1. The van der Waals surface area contributed by atoms with Gasteiger partial charge in [-0.1, -0.05) is 6.92 Å². The van der Waals surface area contributed by atoms with Crippen LogP contribution in [-0.2, 0) is 0 Å². The molecule has 1 N–H and O–H groups in total. The third kappa shape index (κ3) is 2.83. The van der Waals surface area contributed by atoms with Gasteiger partial charge in [-0.25, -0.2) is 9.67 Å². The van der Waals surface area contributed by atoms with E-state index in [9.17, 15) is 10.1 Å². The zero-order chi connectivity index (χ0) is 15.6. The van der Waals surface area contributed by atoms with E-state index in [1.165, 1.54) is 10.9 Å². The van der Waals surface area contributed by atoms with E-state index >= 15 is 0 Å². The van der Waals surface area contributed by atoms with E-state index in [0.29, 0.717) is 12.5 Å². The Morgan fingerprint density at radius 3 is 2.62 bits per heavy atom. The van der Waals surface area contributed by atoms with Crippen LogP contribution in [0.5, 0.6) is 0 Å². The van der Waals surface area contributed by atoms with Crippen LogP contribution in [0.1, 0.15) is 30.3 Å². The largest absolute Gasteiger partial charge is 0.354 e. The van der Waals surface area contributed by atoms with Gasteiger partial charge in [0.25, 0.3) is 0 Å². The Morgan fingerprint density at radius 1 is 1.38 bits per heavy atom. The first-order chi connectivity index (χ1) is 9.95. The van der Waals surface area contributed by atoms with Crippen molar-refractivity contribution in [3.63, 3.8) is 0 Å². The highest BCUT2D eigenvalue weighted by Gasteiger charge is 2.22. The van der Waals surface area contributed by atoms with Gasteiger partial charge in [0.05, 0.1) is 10.6 Å². The average molecular weight is 290 g/mol. The summed E-state index contributed by atoms with van der Waals surface area (Å²) in [6.07, 6.45) is 2.13. The van der Waals surface area contributed by atoms with E-state index in [1.54, 1.807) is 0 Å². The number of aryl methyl sites for hydroxylation is 1. The summed E-state index contributed by atoms with van der Waals surface area (Å²) in [7, 11) is 0. The van der Waals surface area contributed by atoms with E-state index in [4.69, 9.17) is 0 Å². The molecule has 2 rings (SSSR count). The number of nitrogens with one attached hydrogen (secondary N) is 1.